The second-order valence-electron chi connectivity index (χ2n) is 6.29. The molecule has 0 fully saturated rings. The van der Waals surface area contributed by atoms with Gasteiger partial charge in [-0.1, -0.05) is 42.1 Å². The van der Waals surface area contributed by atoms with Gasteiger partial charge in [0, 0.05) is 32.1 Å². The Balaban J connectivity index is 1.40. The lowest BCUT2D eigenvalue weighted by Gasteiger charge is -2.20. The molecule has 1 aliphatic rings. The van der Waals surface area contributed by atoms with Crippen LogP contribution in [0.25, 0.3) is 0 Å². The van der Waals surface area contributed by atoms with Crippen LogP contribution in [0.3, 0.4) is 0 Å². The van der Waals surface area contributed by atoms with Gasteiger partial charge in [-0.25, -0.2) is 0 Å². The molecule has 0 aromatic heterocycles. The average molecular weight is 471 g/mol. The summed E-state index contributed by atoms with van der Waals surface area (Å²) in [4.78, 5) is 14.7. The monoisotopic (exact) mass is 470 g/mol. The van der Waals surface area contributed by atoms with Crippen molar-refractivity contribution in [1.29, 1.82) is 0 Å². The number of rotatable bonds is 6. The lowest BCUT2D eigenvalue weighted by Crippen LogP contribution is -2.22. The Hall–Kier alpha value is -2.64. The molecular formula is C22H19BrN2O3S. The Morgan fingerprint density at radius 1 is 0.931 bits per heavy atom. The minimum atomic E-state index is -0.151. The SMILES string of the molecule is O=C(CNc1ccccc1Sc1ccccc1)Nc1cc2c(cc1Br)OCCO2. The van der Waals surface area contributed by atoms with Crippen molar-refractivity contribution in [3.63, 3.8) is 0 Å². The Bertz CT molecular complexity index is 1010. The fraction of sp³-hybridized carbons (Fsp3) is 0.136. The first-order valence-electron chi connectivity index (χ1n) is 9.14. The van der Waals surface area contributed by atoms with E-state index in [1.165, 1.54) is 0 Å². The molecule has 1 amide bonds. The molecule has 3 aromatic carbocycles. The van der Waals surface area contributed by atoms with Crippen molar-refractivity contribution in [3.8, 4) is 11.5 Å². The molecule has 1 heterocycles. The van der Waals surface area contributed by atoms with Crippen LogP contribution in [-0.4, -0.2) is 25.7 Å². The van der Waals surface area contributed by atoms with Crippen molar-refractivity contribution >= 4 is 45.0 Å². The second-order valence-corrected chi connectivity index (χ2v) is 8.26. The Morgan fingerprint density at radius 2 is 1.62 bits per heavy atom. The van der Waals surface area contributed by atoms with Crippen molar-refractivity contribution in [2.24, 2.45) is 0 Å². The molecule has 0 aliphatic carbocycles. The molecule has 0 unspecified atom stereocenters. The van der Waals surface area contributed by atoms with Crippen LogP contribution in [0.4, 0.5) is 11.4 Å². The molecule has 0 saturated heterocycles. The van der Waals surface area contributed by atoms with Crippen LogP contribution in [-0.2, 0) is 4.79 Å². The van der Waals surface area contributed by atoms with Gasteiger partial charge in [-0.3, -0.25) is 4.79 Å². The highest BCUT2D eigenvalue weighted by Gasteiger charge is 2.16. The van der Waals surface area contributed by atoms with E-state index in [0.29, 0.717) is 30.4 Å². The van der Waals surface area contributed by atoms with Gasteiger partial charge in [0.1, 0.15) is 13.2 Å². The van der Waals surface area contributed by atoms with Crippen molar-refractivity contribution < 1.29 is 14.3 Å². The minimum absolute atomic E-state index is 0.146. The van der Waals surface area contributed by atoms with E-state index >= 15 is 0 Å². The van der Waals surface area contributed by atoms with Gasteiger partial charge in [-0.2, -0.15) is 0 Å². The van der Waals surface area contributed by atoms with Crippen LogP contribution >= 0.6 is 27.7 Å². The molecule has 4 rings (SSSR count). The number of fused-ring (bicyclic) bond motifs is 1. The van der Waals surface area contributed by atoms with Crippen LogP contribution in [0.15, 0.2) is 81.0 Å². The molecule has 2 N–H and O–H groups in total. The zero-order chi connectivity index (χ0) is 20.1. The van der Waals surface area contributed by atoms with E-state index in [-0.39, 0.29) is 12.5 Å². The quantitative estimate of drug-likeness (QED) is 0.503. The Morgan fingerprint density at radius 3 is 2.41 bits per heavy atom. The zero-order valence-electron chi connectivity index (χ0n) is 15.5. The van der Waals surface area contributed by atoms with Crippen molar-refractivity contribution in [3.05, 3.63) is 71.2 Å². The molecule has 0 bridgehead atoms. The molecule has 5 nitrogen and oxygen atoms in total. The predicted molar refractivity (Wildman–Crippen MR) is 119 cm³/mol. The van der Waals surface area contributed by atoms with Crippen molar-refractivity contribution in [2.45, 2.75) is 9.79 Å². The number of hydrogen-bond donors (Lipinski definition) is 2. The number of ether oxygens (including phenoxy) is 2. The van der Waals surface area contributed by atoms with Gasteiger partial charge >= 0.3 is 0 Å². The summed E-state index contributed by atoms with van der Waals surface area (Å²) in [5.41, 5.74) is 1.56. The van der Waals surface area contributed by atoms with E-state index in [1.807, 2.05) is 48.5 Å². The average Bonchev–Trinajstić information content (AvgIpc) is 2.74. The van der Waals surface area contributed by atoms with Crippen LogP contribution in [0.2, 0.25) is 0 Å². The molecular weight excluding hydrogens is 452 g/mol. The van der Waals surface area contributed by atoms with Crippen molar-refractivity contribution in [2.75, 3.05) is 30.4 Å². The highest BCUT2D eigenvalue weighted by atomic mass is 79.9. The molecule has 0 spiro atoms. The van der Waals surface area contributed by atoms with Crippen LogP contribution in [0, 0.1) is 0 Å². The first-order valence-corrected chi connectivity index (χ1v) is 10.7. The standard InChI is InChI=1S/C22H19BrN2O3S/c23-16-12-19-20(28-11-10-27-19)13-18(16)25-22(26)14-24-17-8-4-5-9-21(17)29-15-6-2-1-3-7-15/h1-9,12-13,24H,10-11,14H2,(H,25,26). The number of halogens is 1. The predicted octanol–water partition coefficient (Wildman–Crippen LogP) is 5.42. The number of para-hydroxylation sites is 1. The number of carbonyl (C=O) groups is 1. The van der Waals surface area contributed by atoms with Gasteiger partial charge < -0.3 is 20.1 Å². The molecule has 3 aromatic rings. The molecule has 0 atom stereocenters. The second kappa shape index (κ2) is 9.24. The first kappa shape index (κ1) is 19.7. The van der Waals surface area contributed by atoms with Gasteiger partial charge in [0.15, 0.2) is 11.5 Å². The molecule has 1 aliphatic heterocycles. The number of anilines is 2. The highest BCUT2D eigenvalue weighted by Crippen LogP contribution is 2.38. The third-order valence-corrected chi connectivity index (χ3v) is 5.94. The van der Waals surface area contributed by atoms with Gasteiger partial charge in [0.2, 0.25) is 5.91 Å². The molecule has 0 saturated carbocycles. The molecule has 0 radical (unpaired) electrons. The molecule has 148 valence electrons. The number of benzene rings is 3. The fourth-order valence-electron chi connectivity index (χ4n) is 2.85. The van der Waals surface area contributed by atoms with Gasteiger partial charge in [-0.05, 0) is 40.2 Å². The van der Waals surface area contributed by atoms with Crippen LogP contribution in [0.5, 0.6) is 11.5 Å². The minimum Gasteiger partial charge on any atom is -0.486 e. The highest BCUT2D eigenvalue weighted by molar-refractivity contribution is 9.10. The lowest BCUT2D eigenvalue weighted by atomic mass is 10.2. The third-order valence-electron chi connectivity index (χ3n) is 4.20. The van der Waals surface area contributed by atoms with E-state index in [2.05, 4.69) is 38.7 Å². The smallest absolute Gasteiger partial charge is 0.243 e. The maximum atomic E-state index is 12.5. The van der Waals surface area contributed by atoms with Crippen molar-refractivity contribution in [1.82, 2.24) is 0 Å². The summed E-state index contributed by atoms with van der Waals surface area (Å²) in [6, 6.07) is 21.7. The zero-order valence-corrected chi connectivity index (χ0v) is 17.9. The van der Waals surface area contributed by atoms with Crippen LogP contribution < -0.4 is 20.1 Å². The van der Waals surface area contributed by atoms with Crippen LogP contribution in [0.1, 0.15) is 0 Å². The summed E-state index contributed by atoms with van der Waals surface area (Å²) in [5.74, 6) is 1.15. The summed E-state index contributed by atoms with van der Waals surface area (Å²) in [7, 11) is 0. The van der Waals surface area contributed by atoms with E-state index in [9.17, 15) is 4.79 Å². The Kier molecular flexibility index (Phi) is 6.27. The largest absolute Gasteiger partial charge is 0.486 e. The van der Waals surface area contributed by atoms with Gasteiger partial charge in [-0.15, -0.1) is 0 Å². The number of amides is 1. The third kappa shape index (κ3) is 5.05. The summed E-state index contributed by atoms with van der Waals surface area (Å²) < 4.78 is 11.9. The first-order chi connectivity index (χ1) is 14.2. The van der Waals surface area contributed by atoms with E-state index < -0.39 is 0 Å². The summed E-state index contributed by atoms with van der Waals surface area (Å²) in [6.45, 7) is 1.17. The van der Waals surface area contributed by atoms with E-state index in [4.69, 9.17) is 9.47 Å². The summed E-state index contributed by atoms with van der Waals surface area (Å²) in [5, 5.41) is 6.14. The maximum Gasteiger partial charge on any atom is 0.243 e. The number of carbonyl (C=O) groups excluding carboxylic acids is 1. The fourth-order valence-corrected chi connectivity index (χ4v) is 4.21. The van der Waals surface area contributed by atoms with E-state index in [0.717, 1.165) is 20.0 Å². The van der Waals surface area contributed by atoms with Gasteiger partial charge in [0.05, 0.1) is 12.2 Å². The summed E-state index contributed by atoms with van der Waals surface area (Å²) in [6.07, 6.45) is 0. The van der Waals surface area contributed by atoms with E-state index in [1.54, 1.807) is 17.8 Å². The summed E-state index contributed by atoms with van der Waals surface area (Å²) >= 11 is 5.13. The lowest BCUT2D eigenvalue weighted by molar-refractivity contribution is -0.114. The topological polar surface area (TPSA) is 59.6 Å². The number of nitrogens with one attached hydrogen (secondary N) is 2. The molecule has 29 heavy (non-hydrogen) atoms. The number of hydrogen-bond acceptors (Lipinski definition) is 5. The normalized spacial score (nSPS) is 12.3. The Labute approximate surface area is 181 Å². The maximum absolute atomic E-state index is 12.5. The van der Waals surface area contributed by atoms with Gasteiger partial charge in [0.25, 0.3) is 0 Å². The molecule has 7 heteroatoms.